The Bertz CT molecular complexity index is 403. The summed E-state index contributed by atoms with van der Waals surface area (Å²) < 4.78 is 0. The molecule has 0 fully saturated rings. The van der Waals surface area contributed by atoms with Crippen LogP contribution in [0.5, 0.6) is 0 Å². The van der Waals surface area contributed by atoms with Crippen molar-refractivity contribution >= 4 is 17.8 Å². The molecule has 1 aromatic rings. The van der Waals surface area contributed by atoms with Crippen LogP contribution < -0.4 is 16.0 Å². The van der Waals surface area contributed by atoms with Crippen molar-refractivity contribution in [3.63, 3.8) is 0 Å². The number of aromatic nitrogens is 3. The molecule has 0 aliphatic rings. The maximum absolute atomic E-state index is 9.77. The highest BCUT2D eigenvalue weighted by Crippen LogP contribution is 2.17. The van der Waals surface area contributed by atoms with E-state index in [1.807, 2.05) is 0 Å². The van der Waals surface area contributed by atoms with Crippen LogP contribution in [0, 0.1) is 0 Å². The van der Waals surface area contributed by atoms with Gasteiger partial charge in [0.15, 0.2) is 0 Å². The number of rotatable bonds is 6. The minimum atomic E-state index is -1.24. The first-order valence-corrected chi connectivity index (χ1v) is 6.51. The van der Waals surface area contributed by atoms with Crippen molar-refractivity contribution in [1.82, 2.24) is 15.0 Å². The van der Waals surface area contributed by atoms with Gasteiger partial charge in [-0.25, -0.2) is 0 Å². The van der Waals surface area contributed by atoms with Crippen LogP contribution in [0.15, 0.2) is 0 Å². The van der Waals surface area contributed by atoms with E-state index in [0.717, 1.165) is 0 Å². The standard InChI is InChI=1S/C12H24N6O3/c1-10(2,19)16-7-13-8(17-11(3,4)20)15-9(14-7)18-12(5,6)21/h19-21H,1-6H3,(H3,13,14,15,16,17,18). The van der Waals surface area contributed by atoms with Gasteiger partial charge in [-0.05, 0) is 41.5 Å². The topological polar surface area (TPSA) is 135 Å². The molecule has 1 aromatic heterocycles. The summed E-state index contributed by atoms with van der Waals surface area (Å²) in [5.74, 6) is 0.281. The summed E-state index contributed by atoms with van der Waals surface area (Å²) >= 11 is 0. The van der Waals surface area contributed by atoms with Gasteiger partial charge >= 0.3 is 0 Å². The third kappa shape index (κ3) is 7.59. The van der Waals surface area contributed by atoms with Crippen molar-refractivity contribution in [2.45, 2.75) is 58.7 Å². The highest BCUT2D eigenvalue weighted by Gasteiger charge is 2.21. The molecule has 0 aromatic carbocycles. The van der Waals surface area contributed by atoms with E-state index >= 15 is 0 Å². The van der Waals surface area contributed by atoms with Crippen molar-refractivity contribution < 1.29 is 15.3 Å². The summed E-state index contributed by atoms with van der Waals surface area (Å²) in [5, 5.41) is 37.4. The molecule has 0 radical (unpaired) electrons. The molecule has 9 heteroatoms. The summed E-state index contributed by atoms with van der Waals surface area (Å²) in [4.78, 5) is 12.1. The highest BCUT2D eigenvalue weighted by molar-refractivity contribution is 5.44. The summed E-state index contributed by atoms with van der Waals surface area (Å²) in [6, 6.07) is 0. The van der Waals surface area contributed by atoms with Crippen LogP contribution in [0.25, 0.3) is 0 Å². The van der Waals surface area contributed by atoms with Crippen LogP contribution in [0.4, 0.5) is 17.8 Å². The number of aliphatic hydroxyl groups is 3. The summed E-state index contributed by atoms with van der Waals surface area (Å²) in [6.45, 7) is 9.18. The molecule has 0 saturated heterocycles. The van der Waals surface area contributed by atoms with Crippen LogP contribution in [0.2, 0.25) is 0 Å². The second kappa shape index (κ2) is 5.58. The third-order valence-electron chi connectivity index (χ3n) is 1.89. The lowest BCUT2D eigenvalue weighted by molar-refractivity contribution is 0.109. The molecule has 0 amide bonds. The van der Waals surface area contributed by atoms with E-state index in [-0.39, 0.29) is 17.8 Å². The highest BCUT2D eigenvalue weighted by atomic mass is 16.3. The van der Waals surface area contributed by atoms with Crippen molar-refractivity contribution in [3.05, 3.63) is 0 Å². The summed E-state index contributed by atoms with van der Waals surface area (Å²) in [7, 11) is 0. The van der Waals surface area contributed by atoms with Gasteiger partial charge in [-0.2, -0.15) is 15.0 Å². The molecule has 0 bridgehead atoms. The largest absolute Gasteiger partial charge is 0.372 e. The van der Waals surface area contributed by atoms with Crippen molar-refractivity contribution in [1.29, 1.82) is 0 Å². The Hall–Kier alpha value is -1.71. The van der Waals surface area contributed by atoms with Crippen LogP contribution in [-0.2, 0) is 0 Å². The zero-order chi connectivity index (χ0) is 16.5. The predicted octanol–water partition coefficient (Wildman–Crippen LogP) is 0.292. The van der Waals surface area contributed by atoms with Gasteiger partial charge in [-0.15, -0.1) is 0 Å². The van der Waals surface area contributed by atoms with E-state index in [4.69, 9.17) is 0 Å². The minimum absolute atomic E-state index is 0.0935. The van der Waals surface area contributed by atoms with E-state index < -0.39 is 17.2 Å². The molecule has 0 unspecified atom stereocenters. The fraction of sp³-hybridized carbons (Fsp3) is 0.750. The molecule has 21 heavy (non-hydrogen) atoms. The molecule has 0 atom stereocenters. The van der Waals surface area contributed by atoms with Gasteiger partial charge in [0, 0.05) is 0 Å². The fourth-order valence-electron chi connectivity index (χ4n) is 1.36. The normalized spacial score (nSPS) is 13.0. The molecular formula is C12H24N6O3. The van der Waals surface area contributed by atoms with Gasteiger partial charge in [0.2, 0.25) is 17.8 Å². The molecule has 0 aliphatic carbocycles. The first kappa shape index (κ1) is 17.3. The Kier molecular flexibility index (Phi) is 4.61. The predicted molar refractivity (Wildman–Crippen MR) is 79.6 cm³/mol. The first-order chi connectivity index (χ1) is 9.23. The second-order valence-corrected chi connectivity index (χ2v) is 6.36. The van der Waals surface area contributed by atoms with E-state index in [1.54, 1.807) is 0 Å². The van der Waals surface area contributed by atoms with Gasteiger partial charge in [0.25, 0.3) is 0 Å². The van der Waals surface area contributed by atoms with E-state index in [0.29, 0.717) is 0 Å². The van der Waals surface area contributed by atoms with Crippen molar-refractivity contribution in [2.75, 3.05) is 16.0 Å². The third-order valence-corrected chi connectivity index (χ3v) is 1.89. The number of hydrogen-bond acceptors (Lipinski definition) is 9. The number of nitrogens with one attached hydrogen (secondary N) is 3. The Balaban J connectivity index is 3.13. The SMILES string of the molecule is CC(C)(O)Nc1nc(NC(C)(C)O)nc(NC(C)(C)O)n1. The lowest BCUT2D eigenvalue weighted by Gasteiger charge is -2.24. The molecule has 0 aliphatic heterocycles. The maximum atomic E-state index is 9.77. The quantitative estimate of drug-likeness (QED) is 0.410. The molecule has 120 valence electrons. The van der Waals surface area contributed by atoms with E-state index in [1.165, 1.54) is 41.5 Å². The van der Waals surface area contributed by atoms with Crippen LogP contribution >= 0.6 is 0 Å². The lowest BCUT2D eigenvalue weighted by Crippen LogP contribution is -2.35. The van der Waals surface area contributed by atoms with Crippen LogP contribution in [0.1, 0.15) is 41.5 Å². The minimum Gasteiger partial charge on any atom is -0.372 e. The van der Waals surface area contributed by atoms with E-state index in [9.17, 15) is 15.3 Å². The zero-order valence-corrected chi connectivity index (χ0v) is 13.2. The van der Waals surface area contributed by atoms with Gasteiger partial charge in [-0.1, -0.05) is 0 Å². The molecule has 6 N–H and O–H groups in total. The number of hydrogen-bond donors (Lipinski definition) is 6. The van der Waals surface area contributed by atoms with Gasteiger partial charge in [0.1, 0.15) is 17.2 Å². The molecule has 1 rings (SSSR count). The zero-order valence-electron chi connectivity index (χ0n) is 13.2. The maximum Gasteiger partial charge on any atom is 0.231 e. The fourth-order valence-corrected chi connectivity index (χ4v) is 1.36. The number of nitrogens with zero attached hydrogens (tertiary/aromatic N) is 3. The Labute approximate surface area is 123 Å². The number of anilines is 3. The smallest absolute Gasteiger partial charge is 0.231 e. The van der Waals surface area contributed by atoms with Gasteiger partial charge < -0.3 is 31.3 Å². The average molecular weight is 300 g/mol. The first-order valence-electron chi connectivity index (χ1n) is 6.51. The Morgan fingerprint density at radius 2 is 0.762 bits per heavy atom. The van der Waals surface area contributed by atoms with Crippen LogP contribution in [-0.4, -0.2) is 47.4 Å². The van der Waals surface area contributed by atoms with Crippen molar-refractivity contribution in [2.24, 2.45) is 0 Å². The molecule has 9 nitrogen and oxygen atoms in total. The van der Waals surface area contributed by atoms with Gasteiger partial charge in [-0.3, -0.25) is 0 Å². The average Bonchev–Trinajstić information content (AvgIpc) is 2.06. The van der Waals surface area contributed by atoms with E-state index in [2.05, 4.69) is 30.9 Å². The molecular weight excluding hydrogens is 276 g/mol. The lowest BCUT2D eigenvalue weighted by atomic mass is 10.3. The van der Waals surface area contributed by atoms with Crippen molar-refractivity contribution in [3.8, 4) is 0 Å². The molecule has 1 heterocycles. The van der Waals surface area contributed by atoms with Crippen LogP contribution in [0.3, 0.4) is 0 Å². The summed E-state index contributed by atoms with van der Waals surface area (Å²) in [6.07, 6.45) is 0. The van der Waals surface area contributed by atoms with Gasteiger partial charge in [0.05, 0.1) is 0 Å². The monoisotopic (exact) mass is 300 g/mol. The molecule has 0 saturated carbocycles. The summed E-state index contributed by atoms with van der Waals surface area (Å²) in [5.41, 5.74) is -3.71. The molecule has 0 spiro atoms. The Morgan fingerprint density at radius 1 is 0.571 bits per heavy atom. The second-order valence-electron chi connectivity index (χ2n) is 6.36. The Morgan fingerprint density at radius 3 is 0.905 bits per heavy atom.